The molecule has 3 aromatic rings. The third kappa shape index (κ3) is 3.60. The molecule has 0 amide bonds. The van der Waals surface area contributed by atoms with Crippen LogP contribution in [0.5, 0.6) is 5.75 Å². The predicted molar refractivity (Wildman–Crippen MR) is 95.4 cm³/mol. The fourth-order valence-electron chi connectivity index (χ4n) is 2.35. The molecular weight excluding hydrogens is 302 g/mol. The van der Waals surface area contributed by atoms with Crippen LogP contribution < -0.4 is 4.74 Å². The molecule has 0 aliphatic heterocycles. The van der Waals surface area contributed by atoms with E-state index in [4.69, 9.17) is 9.84 Å². The van der Waals surface area contributed by atoms with E-state index in [1.54, 1.807) is 18.3 Å². The second-order valence-electron chi connectivity index (χ2n) is 5.42. The van der Waals surface area contributed by atoms with E-state index < -0.39 is 12.1 Å². The van der Waals surface area contributed by atoms with Gasteiger partial charge in [0.05, 0.1) is 5.69 Å². The minimum absolute atomic E-state index is 0.521. The van der Waals surface area contributed by atoms with E-state index in [2.05, 4.69) is 17.1 Å². The minimum atomic E-state index is -0.989. The van der Waals surface area contributed by atoms with Gasteiger partial charge in [0, 0.05) is 11.6 Å². The average Bonchev–Trinajstić information content (AvgIpc) is 2.61. The van der Waals surface area contributed by atoms with Crippen molar-refractivity contribution in [2.75, 3.05) is 0 Å². The van der Waals surface area contributed by atoms with Crippen LogP contribution in [0.25, 0.3) is 10.8 Å². The molecule has 0 unspecified atom stereocenters. The van der Waals surface area contributed by atoms with Gasteiger partial charge in [-0.25, -0.2) is 4.79 Å². The molecule has 3 rings (SSSR count). The molecule has 0 aliphatic carbocycles. The van der Waals surface area contributed by atoms with Crippen LogP contribution in [0, 0.1) is 0 Å². The summed E-state index contributed by atoms with van der Waals surface area (Å²) in [5.74, 6) is -0.469. The molecule has 120 valence electrons. The van der Waals surface area contributed by atoms with Crippen molar-refractivity contribution < 1.29 is 14.6 Å². The number of benzene rings is 3. The highest BCUT2D eigenvalue weighted by Gasteiger charge is 2.11. The van der Waals surface area contributed by atoms with Gasteiger partial charge < -0.3 is 9.84 Å². The Morgan fingerprint density at radius 2 is 1.75 bits per heavy atom. The van der Waals surface area contributed by atoms with Crippen LogP contribution in [0.3, 0.4) is 0 Å². The number of nitrogens with zero attached hydrogens (tertiary/aromatic N) is 1. The van der Waals surface area contributed by atoms with E-state index >= 15 is 0 Å². The third-order valence-corrected chi connectivity index (χ3v) is 3.66. The Balaban J connectivity index is 1.78. The number of carbonyl (C=O) groups is 1. The first kappa shape index (κ1) is 15.7. The molecule has 24 heavy (non-hydrogen) atoms. The van der Waals surface area contributed by atoms with Gasteiger partial charge in [0.2, 0.25) is 0 Å². The second kappa shape index (κ2) is 6.96. The number of fused-ring (bicyclic) bond motifs is 1. The van der Waals surface area contributed by atoms with Gasteiger partial charge in [-0.1, -0.05) is 36.4 Å². The van der Waals surface area contributed by atoms with Crippen LogP contribution >= 0.6 is 0 Å². The van der Waals surface area contributed by atoms with E-state index in [0.29, 0.717) is 5.75 Å². The van der Waals surface area contributed by atoms with Crippen LogP contribution in [0.2, 0.25) is 0 Å². The molecular formula is C20H17NO3. The maximum absolute atomic E-state index is 10.8. The first-order valence-electron chi connectivity index (χ1n) is 7.65. The second-order valence-corrected chi connectivity index (χ2v) is 5.42. The summed E-state index contributed by atoms with van der Waals surface area (Å²) < 4.78 is 5.31. The van der Waals surface area contributed by atoms with Crippen molar-refractivity contribution >= 4 is 28.6 Å². The molecule has 4 nitrogen and oxygen atoms in total. The Labute approximate surface area is 140 Å². The molecule has 0 saturated heterocycles. The fraction of sp³-hybridized carbons (Fsp3) is 0.100. The highest BCUT2D eigenvalue weighted by Crippen LogP contribution is 2.25. The van der Waals surface area contributed by atoms with Gasteiger partial charge in [-0.05, 0) is 48.2 Å². The lowest BCUT2D eigenvalue weighted by Gasteiger charge is -2.09. The van der Waals surface area contributed by atoms with Gasteiger partial charge in [0.25, 0.3) is 0 Å². The molecule has 3 aromatic carbocycles. The molecule has 0 bridgehead atoms. The fourth-order valence-corrected chi connectivity index (χ4v) is 2.35. The Kier molecular flexibility index (Phi) is 4.57. The molecule has 0 fully saturated rings. The average molecular weight is 319 g/mol. The largest absolute Gasteiger partial charge is 0.479 e. The summed E-state index contributed by atoms with van der Waals surface area (Å²) in [4.78, 5) is 15.4. The van der Waals surface area contributed by atoms with E-state index in [9.17, 15) is 4.79 Å². The summed E-state index contributed by atoms with van der Waals surface area (Å²) in [7, 11) is 0. The summed E-state index contributed by atoms with van der Waals surface area (Å²) in [6.45, 7) is 1.50. The number of aliphatic carboxylic acids is 1. The molecule has 0 radical (unpaired) electrons. The van der Waals surface area contributed by atoms with Gasteiger partial charge in [0.1, 0.15) is 5.75 Å². The zero-order valence-electron chi connectivity index (χ0n) is 13.2. The van der Waals surface area contributed by atoms with Crippen LogP contribution in [-0.2, 0) is 4.79 Å². The molecule has 0 spiro atoms. The number of hydrogen-bond acceptors (Lipinski definition) is 3. The molecule has 4 heteroatoms. The Hall–Kier alpha value is -3.14. The molecule has 0 heterocycles. The van der Waals surface area contributed by atoms with Crippen LogP contribution in [0.4, 0.5) is 5.69 Å². The SMILES string of the molecule is C[C@H](Oc1ccc(C=Nc2cccc3ccccc23)cc1)C(=O)O. The number of carboxylic acids is 1. The number of carboxylic acid groups (broad SMARTS) is 1. The van der Waals surface area contributed by atoms with Crippen molar-refractivity contribution in [1.82, 2.24) is 0 Å². The van der Waals surface area contributed by atoms with Crippen LogP contribution in [-0.4, -0.2) is 23.4 Å². The topological polar surface area (TPSA) is 58.9 Å². The summed E-state index contributed by atoms with van der Waals surface area (Å²) in [5, 5.41) is 11.1. The molecule has 1 atom stereocenters. The summed E-state index contributed by atoms with van der Waals surface area (Å²) in [6.07, 6.45) is 0.909. The molecule has 1 N–H and O–H groups in total. The van der Waals surface area contributed by atoms with E-state index in [-0.39, 0.29) is 0 Å². The summed E-state index contributed by atoms with van der Waals surface area (Å²) in [5.41, 5.74) is 1.83. The highest BCUT2D eigenvalue weighted by atomic mass is 16.5. The highest BCUT2D eigenvalue weighted by molar-refractivity contribution is 5.95. The minimum Gasteiger partial charge on any atom is -0.479 e. The van der Waals surface area contributed by atoms with E-state index in [1.165, 1.54) is 6.92 Å². The van der Waals surface area contributed by atoms with Crippen molar-refractivity contribution in [2.24, 2.45) is 4.99 Å². The maximum atomic E-state index is 10.8. The Bertz CT molecular complexity index is 880. The van der Waals surface area contributed by atoms with Gasteiger partial charge >= 0.3 is 5.97 Å². The molecule has 0 saturated carbocycles. The lowest BCUT2D eigenvalue weighted by Crippen LogP contribution is -2.22. The number of hydrogen-bond donors (Lipinski definition) is 1. The van der Waals surface area contributed by atoms with Crippen LogP contribution in [0.1, 0.15) is 12.5 Å². The van der Waals surface area contributed by atoms with Crippen molar-refractivity contribution in [2.45, 2.75) is 13.0 Å². The first-order valence-corrected chi connectivity index (χ1v) is 7.65. The van der Waals surface area contributed by atoms with Gasteiger partial charge in [-0.2, -0.15) is 0 Å². The van der Waals surface area contributed by atoms with E-state index in [0.717, 1.165) is 22.0 Å². The Morgan fingerprint density at radius 1 is 1.04 bits per heavy atom. The normalized spacial score (nSPS) is 12.4. The van der Waals surface area contributed by atoms with Crippen molar-refractivity contribution in [3.63, 3.8) is 0 Å². The number of aliphatic imine (C=N–C) groups is 1. The quantitative estimate of drug-likeness (QED) is 0.707. The number of ether oxygens (including phenoxy) is 1. The van der Waals surface area contributed by atoms with Gasteiger partial charge in [-0.3, -0.25) is 4.99 Å². The van der Waals surface area contributed by atoms with Crippen LogP contribution in [0.15, 0.2) is 71.7 Å². The summed E-state index contributed by atoms with van der Waals surface area (Å²) in [6, 6.07) is 21.3. The predicted octanol–water partition coefficient (Wildman–Crippen LogP) is 4.44. The molecule has 0 aromatic heterocycles. The standard InChI is InChI=1S/C20H17NO3/c1-14(20(22)23)24-17-11-9-15(10-12-17)13-21-19-8-4-6-16-5-2-3-7-18(16)19/h2-14H,1H3,(H,22,23)/t14-/m0/s1. The lowest BCUT2D eigenvalue weighted by molar-refractivity contribution is -0.144. The lowest BCUT2D eigenvalue weighted by atomic mass is 10.1. The van der Waals surface area contributed by atoms with E-state index in [1.807, 2.05) is 42.5 Å². The zero-order valence-corrected chi connectivity index (χ0v) is 13.2. The Morgan fingerprint density at radius 3 is 2.50 bits per heavy atom. The third-order valence-electron chi connectivity index (χ3n) is 3.66. The van der Waals surface area contributed by atoms with Crippen molar-refractivity contribution in [3.05, 3.63) is 72.3 Å². The monoisotopic (exact) mass is 319 g/mol. The van der Waals surface area contributed by atoms with Gasteiger partial charge in [-0.15, -0.1) is 0 Å². The van der Waals surface area contributed by atoms with Crippen molar-refractivity contribution in [1.29, 1.82) is 0 Å². The maximum Gasteiger partial charge on any atom is 0.344 e. The van der Waals surface area contributed by atoms with Gasteiger partial charge in [0.15, 0.2) is 6.10 Å². The molecule has 0 aliphatic rings. The smallest absolute Gasteiger partial charge is 0.344 e. The first-order chi connectivity index (χ1) is 11.6. The number of rotatable bonds is 5. The summed E-state index contributed by atoms with van der Waals surface area (Å²) >= 11 is 0. The zero-order chi connectivity index (χ0) is 16.9. The van der Waals surface area contributed by atoms with Crippen molar-refractivity contribution in [3.8, 4) is 5.75 Å².